The Balaban J connectivity index is 1.84. The van der Waals surface area contributed by atoms with E-state index in [1.807, 2.05) is 30.3 Å². The molecule has 3 aromatic rings. The highest BCUT2D eigenvalue weighted by Gasteiger charge is 2.25. The summed E-state index contributed by atoms with van der Waals surface area (Å²) in [7, 11) is 0. The summed E-state index contributed by atoms with van der Waals surface area (Å²) in [6.07, 6.45) is 2.03. The van der Waals surface area contributed by atoms with Crippen LogP contribution in [0, 0.1) is 0 Å². The van der Waals surface area contributed by atoms with Gasteiger partial charge in [-0.25, -0.2) is 4.68 Å². The van der Waals surface area contributed by atoms with Gasteiger partial charge in [-0.3, -0.25) is 0 Å². The third-order valence-electron chi connectivity index (χ3n) is 3.66. The van der Waals surface area contributed by atoms with Crippen molar-refractivity contribution in [2.24, 2.45) is 0 Å². The van der Waals surface area contributed by atoms with E-state index >= 15 is 0 Å². The molecule has 0 radical (unpaired) electrons. The number of phenolic OH excluding ortho intramolecular Hbond substituents is 1. The van der Waals surface area contributed by atoms with Crippen LogP contribution in [-0.4, -0.2) is 25.2 Å². The minimum atomic E-state index is -1.06. The maximum atomic E-state index is 10.7. The number of halogens is 1. The van der Waals surface area contributed by atoms with Crippen molar-refractivity contribution < 1.29 is 10.2 Å². The van der Waals surface area contributed by atoms with E-state index in [0.717, 1.165) is 10.0 Å². The molecule has 6 heteroatoms. The van der Waals surface area contributed by atoms with E-state index in [0.29, 0.717) is 17.8 Å². The van der Waals surface area contributed by atoms with E-state index in [-0.39, 0.29) is 5.75 Å². The number of phenols is 1. The second-order valence-electron chi connectivity index (χ2n) is 5.60. The van der Waals surface area contributed by atoms with Crippen molar-refractivity contribution >= 4 is 15.9 Å². The minimum Gasteiger partial charge on any atom is -0.506 e. The van der Waals surface area contributed by atoms with Gasteiger partial charge in [-0.15, -0.1) is 5.10 Å². The molecule has 0 bridgehead atoms. The molecule has 0 aliphatic carbocycles. The Kier molecular flexibility index (Phi) is 4.19. The Bertz CT molecular complexity index is 813. The summed E-state index contributed by atoms with van der Waals surface area (Å²) >= 11 is 3.38. The van der Waals surface area contributed by atoms with Crippen molar-refractivity contribution in [3.05, 3.63) is 70.5 Å². The van der Waals surface area contributed by atoms with Gasteiger partial charge in [0.25, 0.3) is 0 Å². The van der Waals surface area contributed by atoms with Crippen LogP contribution in [0.15, 0.2) is 59.2 Å². The number of hydrogen-bond donors (Lipinski definition) is 2. The van der Waals surface area contributed by atoms with Crippen molar-refractivity contribution in [1.82, 2.24) is 15.0 Å². The summed E-state index contributed by atoms with van der Waals surface area (Å²) in [5.41, 5.74) is 0.939. The molecule has 1 heterocycles. The van der Waals surface area contributed by atoms with Gasteiger partial charge >= 0.3 is 0 Å². The van der Waals surface area contributed by atoms with E-state index < -0.39 is 5.60 Å². The van der Waals surface area contributed by atoms with Crippen LogP contribution >= 0.6 is 15.9 Å². The fourth-order valence-corrected chi connectivity index (χ4v) is 2.68. The van der Waals surface area contributed by atoms with Crippen LogP contribution in [0.3, 0.4) is 0 Å². The molecule has 0 saturated carbocycles. The Labute approximate surface area is 142 Å². The smallest absolute Gasteiger partial charge is 0.141 e. The maximum Gasteiger partial charge on any atom is 0.141 e. The van der Waals surface area contributed by atoms with E-state index in [9.17, 15) is 10.2 Å². The van der Waals surface area contributed by atoms with Crippen LogP contribution in [0.4, 0.5) is 0 Å². The lowest BCUT2D eigenvalue weighted by Gasteiger charge is -2.22. The van der Waals surface area contributed by atoms with Gasteiger partial charge in [0.1, 0.15) is 11.4 Å². The van der Waals surface area contributed by atoms with Gasteiger partial charge < -0.3 is 10.2 Å². The van der Waals surface area contributed by atoms with Crippen LogP contribution in [-0.2, 0) is 12.0 Å². The van der Waals surface area contributed by atoms with Gasteiger partial charge in [0, 0.05) is 10.9 Å². The molecule has 118 valence electrons. The largest absolute Gasteiger partial charge is 0.506 e. The standard InChI is InChI=1S/C17H16BrN3O2/c1-17(23,12-6-8-13(18)9-7-12)10-14-11-21(20-19-14)15-4-2-3-5-16(15)22/h2-9,11,22-23H,10H2,1H3. The average Bonchev–Trinajstić information content (AvgIpc) is 2.95. The summed E-state index contributed by atoms with van der Waals surface area (Å²) < 4.78 is 2.46. The quantitative estimate of drug-likeness (QED) is 0.736. The average molecular weight is 374 g/mol. The first-order valence-corrected chi connectivity index (χ1v) is 7.93. The Morgan fingerprint density at radius 2 is 1.83 bits per heavy atom. The monoisotopic (exact) mass is 373 g/mol. The Morgan fingerprint density at radius 3 is 2.52 bits per heavy atom. The predicted molar refractivity (Wildman–Crippen MR) is 90.4 cm³/mol. The molecule has 1 unspecified atom stereocenters. The lowest BCUT2D eigenvalue weighted by atomic mass is 9.91. The minimum absolute atomic E-state index is 0.128. The van der Waals surface area contributed by atoms with Crippen LogP contribution < -0.4 is 0 Å². The number of nitrogens with zero attached hydrogens (tertiary/aromatic N) is 3. The molecule has 0 aliphatic rings. The van der Waals surface area contributed by atoms with Crippen molar-refractivity contribution in [2.75, 3.05) is 0 Å². The third-order valence-corrected chi connectivity index (χ3v) is 4.19. The Hall–Kier alpha value is -2.18. The molecular weight excluding hydrogens is 358 g/mol. The molecule has 0 fully saturated rings. The second kappa shape index (κ2) is 6.14. The summed E-state index contributed by atoms with van der Waals surface area (Å²) in [4.78, 5) is 0. The van der Waals surface area contributed by atoms with E-state index in [1.165, 1.54) is 4.68 Å². The topological polar surface area (TPSA) is 71.2 Å². The first-order chi connectivity index (χ1) is 11.0. The van der Waals surface area contributed by atoms with Gasteiger partial charge in [-0.2, -0.15) is 0 Å². The zero-order valence-corrected chi connectivity index (χ0v) is 14.1. The molecule has 0 amide bonds. The van der Waals surface area contributed by atoms with Gasteiger partial charge in [0.15, 0.2) is 0 Å². The van der Waals surface area contributed by atoms with Crippen LogP contribution in [0.5, 0.6) is 5.75 Å². The summed E-state index contributed by atoms with van der Waals surface area (Å²) in [5.74, 6) is 0.128. The van der Waals surface area contributed by atoms with Gasteiger partial charge in [-0.1, -0.05) is 45.4 Å². The number of para-hydroxylation sites is 2. The summed E-state index contributed by atoms with van der Waals surface area (Å²) in [6, 6.07) is 14.4. The van der Waals surface area contributed by atoms with Crippen molar-refractivity contribution in [3.63, 3.8) is 0 Å². The molecule has 2 N–H and O–H groups in total. The lowest BCUT2D eigenvalue weighted by molar-refractivity contribution is 0.0565. The van der Waals surface area contributed by atoms with Crippen molar-refractivity contribution in [1.29, 1.82) is 0 Å². The molecule has 5 nitrogen and oxygen atoms in total. The summed E-state index contributed by atoms with van der Waals surface area (Å²) in [6.45, 7) is 1.75. The SMILES string of the molecule is CC(O)(Cc1cn(-c2ccccc2O)nn1)c1ccc(Br)cc1. The zero-order valence-electron chi connectivity index (χ0n) is 12.5. The molecule has 0 saturated heterocycles. The highest BCUT2D eigenvalue weighted by atomic mass is 79.9. The highest BCUT2D eigenvalue weighted by molar-refractivity contribution is 9.10. The molecular formula is C17H16BrN3O2. The molecule has 1 atom stereocenters. The molecule has 0 aliphatic heterocycles. The van der Waals surface area contributed by atoms with E-state index in [4.69, 9.17) is 0 Å². The van der Waals surface area contributed by atoms with Crippen LogP contribution in [0.2, 0.25) is 0 Å². The second-order valence-corrected chi connectivity index (χ2v) is 6.52. The number of hydrogen-bond acceptors (Lipinski definition) is 4. The van der Waals surface area contributed by atoms with Gasteiger partial charge in [-0.05, 0) is 36.8 Å². The fourth-order valence-electron chi connectivity index (χ4n) is 2.42. The Morgan fingerprint density at radius 1 is 1.13 bits per heavy atom. The number of benzene rings is 2. The zero-order chi connectivity index (χ0) is 16.4. The van der Waals surface area contributed by atoms with Gasteiger partial charge in [0.05, 0.1) is 17.5 Å². The predicted octanol–water partition coefficient (Wildman–Crippen LogP) is 3.19. The van der Waals surface area contributed by atoms with Crippen molar-refractivity contribution in [2.45, 2.75) is 18.9 Å². The van der Waals surface area contributed by atoms with Crippen LogP contribution in [0.25, 0.3) is 5.69 Å². The number of aromatic hydroxyl groups is 1. The molecule has 23 heavy (non-hydrogen) atoms. The first-order valence-electron chi connectivity index (χ1n) is 7.14. The highest BCUT2D eigenvalue weighted by Crippen LogP contribution is 2.27. The molecule has 0 spiro atoms. The van der Waals surface area contributed by atoms with Gasteiger partial charge in [0.2, 0.25) is 0 Å². The molecule has 2 aromatic carbocycles. The summed E-state index contributed by atoms with van der Waals surface area (Å²) in [5, 5.41) is 28.7. The van der Waals surface area contributed by atoms with Crippen LogP contribution in [0.1, 0.15) is 18.2 Å². The van der Waals surface area contributed by atoms with E-state index in [1.54, 1.807) is 31.3 Å². The molecule has 3 rings (SSSR count). The maximum absolute atomic E-state index is 10.7. The lowest BCUT2D eigenvalue weighted by Crippen LogP contribution is -2.24. The number of aliphatic hydroxyl groups is 1. The van der Waals surface area contributed by atoms with E-state index in [2.05, 4.69) is 26.2 Å². The van der Waals surface area contributed by atoms with Crippen molar-refractivity contribution in [3.8, 4) is 11.4 Å². The fraction of sp³-hybridized carbons (Fsp3) is 0.176. The molecule has 1 aromatic heterocycles. The first kappa shape index (κ1) is 15.7. The number of aromatic nitrogens is 3. The normalized spacial score (nSPS) is 13.7. The third kappa shape index (κ3) is 3.43. The number of rotatable bonds is 4.